The lowest BCUT2D eigenvalue weighted by Gasteiger charge is -2.06. The quantitative estimate of drug-likeness (QED) is 0.603. The minimum Gasteiger partial charge on any atom is -0.192 e. The summed E-state index contributed by atoms with van der Waals surface area (Å²) in [6, 6.07) is 8.16. The molecule has 0 N–H and O–H groups in total. The van der Waals surface area contributed by atoms with E-state index in [-0.39, 0.29) is 0 Å². The third kappa shape index (κ3) is 1.84. The van der Waals surface area contributed by atoms with Crippen molar-refractivity contribution >= 4 is 14.5 Å². The molecule has 1 aromatic carbocycles. The fourth-order valence-electron chi connectivity index (χ4n) is 1.03. The highest BCUT2D eigenvalue weighted by Crippen LogP contribution is 2.14. The van der Waals surface area contributed by atoms with Gasteiger partial charge in [0.1, 0.15) is 0 Å². The molecule has 12 heavy (non-hydrogen) atoms. The van der Waals surface area contributed by atoms with Gasteiger partial charge in [-0.3, -0.25) is 0 Å². The molecule has 0 radical (unpaired) electrons. The second-order valence-corrected chi connectivity index (χ2v) is 3.74. The fourth-order valence-corrected chi connectivity index (χ4v) is 1.27. The van der Waals surface area contributed by atoms with Crippen LogP contribution in [0.1, 0.15) is 30.9 Å². The smallest absolute Gasteiger partial charge is 0.0998 e. The third-order valence-electron chi connectivity index (χ3n) is 1.86. The van der Waals surface area contributed by atoms with Gasteiger partial charge in [-0.15, -0.1) is 9.24 Å². The summed E-state index contributed by atoms with van der Waals surface area (Å²) in [4.78, 5) is 0. The maximum atomic E-state index is 8.76. The molecule has 0 spiro atoms. The van der Waals surface area contributed by atoms with Gasteiger partial charge in [0.2, 0.25) is 0 Å². The normalized spacial score (nSPS) is 9.92. The van der Waals surface area contributed by atoms with Gasteiger partial charge in [0.25, 0.3) is 0 Å². The molecular weight excluding hydrogens is 165 g/mol. The van der Waals surface area contributed by atoms with Crippen molar-refractivity contribution in [2.24, 2.45) is 0 Å². The van der Waals surface area contributed by atoms with Gasteiger partial charge in [0.05, 0.1) is 11.6 Å². The van der Waals surface area contributed by atoms with Crippen LogP contribution >= 0.6 is 9.24 Å². The predicted octanol–water partition coefficient (Wildman–Crippen LogP) is 2.18. The van der Waals surface area contributed by atoms with E-state index in [1.54, 1.807) is 0 Å². The van der Waals surface area contributed by atoms with Crippen molar-refractivity contribution in [2.75, 3.05) is 0 Å². The lowest BCUT2D eigenvalue weighted by atomic mass is 10.0. The molecule has 1 atom stereocenters. The predicted molar refractivity (Wildman–Crippen MR) is 54.6 cm³/mol. The minimum absolute atomic E-state index is 0.489. The molecule has 0 aliphatic carbocycles. The Kier molecular flexibility index (Phi) is 2.84. The molecule has 1 rings (SSSR count). The number of rotatable bonds is 1. The molecule has 0 saturated heterocycles. The number of hydrogen-bond donors (Lipinski definition) is 0. The summed E-state index contributed by atoms with van der Waals surface area (Å²) in [5.74, 6) is 0.489. The maximum absolute atomic E-state index is 8.76. The Morgan fingerprint density at radius 2 is 2.08 bits per heavy atom. The summed E-state index contributed by atoms with van der Waals surface area (Å²) < 4.78 is 0. The molecule has 1 unspecified atom stereocenters. The van der Waals surface area contributed by atoms with E-state index < -0.39 is 0 Å². The monoisotopic (exact) mass is 177 g/mol. The van der Waals surface area contributed by atoms with E-state index in [2.05, 4.69) is 35.2 Å². The molecule has 0 heterocycles. The average Bonchev–Trinajstić information content (AvgIpc) is 2.05. The summed E-state index contributed by atoms with van der Waals surface area (Å²) in [6.45, 7) is 4.25. The van der Waals surface area contributed by atoms with E-state index in [9.17, 15) is 0 Å². The van der Waals surface area contributed by atoms with E-state index >= 15 is 0 Å². The highest BCUT2D eigenvalue weighted by Gasteiger charge is 2.02. The lowest BCUT2D eigenvalue weighted by molar-refractivity contribution is 0.866. The van der Waals surface area contributed by atoms with Crippen molar-refractivity contribution in [1.82, 2.24) is 0 Å². The van der Waals surface area contributed by atoms with Crippen LogP contribution in [0.25, 0.3) is 0 Å². The molecule has 0 fully saturated rings. The second-order valence-electron chi connectivity index (χ2n) is 3.11. The second kappa shape index (κ2) is 3.70. The molecule has 62 valence electrons. The van der Waals surface area contributed by atoms with E-state index in [0.29, 0.717) is 5.92 Å². The van der Waals surface area contributed by atoms with Crippen LogP contribution < -0.4 is 5.30 Å². The van der Waals surface area contributed by atoms with E-state index in [1.165, 1.54) is 5.56 Å². The maximum Gasteiger partial charge on any atom is 0.0998 e. The Hall–Kier alpha value is -0.860. The van der Waals surface area contributed by atoms with Gasteiger partial charge in [0, 0.05) is 0 Å². The van der Waals surface area contributed by atoms with Crippen LogP contribution in [-0.4, -0.2) is 0 Å². The zero-order valence-corrected chi connectivity index (χ0v) is 8.49. The van der Waals surface area contributed by atoms with Crippen LogP contribution in [0.4, 0.5) is 0 Å². The van der Waals surface area contributed by atoms with E-state index in [0.717, 1.165) is 10.9 Å². The zero-order valence-electron chi connectivity index (χ0n) is 7.33. The Labute approximate surface area is 75.6 Å². The first-order chi connectivity index (χ1) is 5.65. The summed E-state index contributed by atoms with van der Waals surface area (Å²) >= 11 is 0. The first-order valence-electron chi connectivity index (χ1n) is 3.94. The van der Waals surface area contributed by atoms with Crippen molar-refractivity contribution < 1.29 is 0 Å². The van der Waals surface area contributed by atoms with Gasteiger partial charge in [-0.25, -0.2) is 0 Å². The molecule has 1 aromatic rings. The lowest BCUT2D eigenvalue weighted by Crippen LogP contribution is -1.99. The summed E-state index contributed by atoms with van der Waals surface area (Å²) in [7, 11) is 2.56. The van der Waals surface area contributed by atoms with Crippen LogP contribution in [0, 0.1) is 11.3 Å². The molecule has 2 heteroatoms. The molecule has 0 bridgehead atoms. The zero-order chi connectivity index (χ0) is 9.14. The molecule has 0 amide bonds. The Morgan fingerprint density at radius 3 is 2.58 bits per heavy atom. The molecule has 1 nitrogen and oxygen atoms in total. The third-order valence-corrected chi connectivity index (χ3v) is 2.37. The van der Waals surface area contributed by atoms with Crippen molar-refractivity contribution in [3.63, 3.8) is 0 Å². The average molecular weight is 177 g/mol. The molecule has 0 aromatic heterocycles. The van der Waals surface area contributed by atoms with E-state index in [4.69, 9.17) is 5.26 Å². The van der Waals surface area contributed by atoms with Gasteiger partial charge in [-0.2, -0.15) is 5.26 Å². The standard InChI is InChI=1S/C10H12NP/c1-7(2)8-3-4-10(12)9(5-8)6-11/h3-5,7H,12H2,1-2H3. The molecule has 0 aliphatic rings. The summed E-state index contributed by atoms with van der Waals surface area (Å²) in [5, 5.41) is 9.74. The first-order valence-corrected chi connectivity index (χ1v) is 4.52. The SMILES string of the molecule is CC(C)c1ccc(P)c(C#N)c1. The Morgan fingerprint density at radius 1 is 1.42 bits per heavy atom. The summed E-state index contributed by atoms with van der Waals surface area (Å²) in [6.07, 6.45) is 0. The van der Waals surface area contributed by atoms with Crippen LogP contribution in [-0.2, 0) is 0 Å². The van der Waals surface area contributed by atoms with Crippen LogP contribution in [0.3, 0.4) is 0 Å². The van der Waals surface area contributed by atoms with Crippen LogP contribution in [0.15, 0.2) is 18.2 Å². The van der Waals surface area contributed by atoms with Crippen molar-refractivity contribution in [1.29, 1.82) is 5.26 Å². The van der Waals surface area contributed by atoms with Gasteiger partial charge in [-0.1, -0.05) is 26.0 Å². The topological polar surface area (TPSA) is 23.8 Å². The van der Waals surface area contributed by atoms with Crippen LogP contribution in [0.2, 0.25) is 0 Å². The molecule has 0 aliphatic heterocycles. The molecule has 0 saturated carbocycles. The first kappa shape index (κ1) is 9.23. The van der Waals surface area contributed by atoms with Gasteiger partial charge >= 0.3 is 0 Å². The number of hydrogen-bond acceptors (Lipinski definition) is 1. The highest BCUT2D eigenvalue weighted by atomic mass is 31.0. The van der Waals surface area contributed by atoms with Crippen LogP contribution in [0.5, 0.6) is 0 Å². The van der Waals surface area contributed by atoms with Gasteiger partial charge in [-0.05, 0) is 22.9 Å². The van der Waals surface area contributed by atoms with Gasteiger partial charge < -0.3 is 0 Å². The minimum atomic E-state index is 0.489. The van der Waals surface area contributed by atoms with Crippen molar-refractivity contribution in [3.8, 4) is 6.07 Å². The number of benzene rings is 1. The van der Waals surface area contributed by atoms with Gasteiger partial charge in [0.15, 0.2) is 0 Å². The van der Waals surface area contributed by atoms with Crippen molar-refractivity contribution in [2.45, 2.75) is 19.8 Å². The largest absolute Gasteiger partial charge is 0.192 e. The number of nitrogens with zero attached hydrogens (tertiary/aromatic N) is 1. The highest BCUT2D eigenvalue weighted by molar-refractivity contribution is 7.27. The number of nitriles is 1. The van der Waals surface area contributed by atoms with Crippen molar-refractivity contribution in [3.05, 3.63) is 29.3 Å². The fraction of sp³-hybridized carbons (Fsp3) is 0.300. The summed E-state index contributed by atoms with van der Waals surface area (Å²) in [5.41, 5.74) is 1.98. The van der Waals surface area contributed by atoms with E-state index in [1.807, 2.05) is 12.1 Å². The Bertz CT molecular complexity index is 323. The molecular formula is C10H12NP. The Balaban J connectivity index is 3.16.